The minimum absolute atomic E-state index is 0.0202. The molecular weight excluding hydrogens is 228 g/mol. The van der Waals surface area contributed by atoms with Crippen LogP contribution in [-0.2, 0) is 12.0 Å². The lowest BCUT2D eigenvalue weighted by atomic mass is 9.85. The molecule has 17 heavy (non-hydrogen) atoms. The molecule has 1 rings (SSSR count). The summed E-state index contributed by atoms with van der Waals surface area (Å²) in [7, 11) is 0. The minimum atomic E-state index is 0.0202. The smallest absolute Gasteiger partial charge is 0.113 e. The van der Waals surface area contributed by atoms with E-state index in [2.05, 4.69) is 46.9 Å². The zero-order valence-corrected chi connectivity index (χ0v) is 12.9. The fourth-order valence-electron chi connectivity index (χ4n) is 2.21. The lowest BCUT2D eigenvalue weighted by Gasteiger charge is -2.34. The van der Waals surface area contributed by atoms with Crippen molar-refractivity contribution >= 4 is 11.3 Å². The number of aromatic nitrogens is 1. The van der Waals surface area contributed by atoms with Crippen LogP contribution in [0.5, 0.6) is 0 Å². The zero-order chi connectivity index (χ0) is 13.1. The standard InChI is InChI=1S/C14H26N2S/c1-7-10(4)14(6,15-9-3)13-16-12(8-2)11(5)17-13/h10,15H,7-9H2,1-6H3. The van der Waals surface area contributed by atoms with E-state index in [1.54, 1.807) is 0 Å². The van der Waals surface area contributed by atoms with E-state index in [9.17, 15) is 0 Å². The third kappa shape index (κ3) is 2.89. The molecule has 2 unspecified atom stereocenters. The van der Waals surface area contributed by atoms with E-state index in [0.717, 1.165) is 13.0 Å². The van der Waals surface area contributed by atoms with Gasteiger partial charge in [-0.25, -0.2) is 4.98 Å². The molecule has 0 aromatic carbocycles. The first-order valence-corrected chi connectivity index (χ1v) is 7.52. The van der Waals surface area contributed by atoms with E-state index in [-0.39, 0.29) is 5.54 Å². The average molecular weight is 254 g/mol. The van der Waals surface area contributed by atoms with Gasteiger partial charge in [0.05, 0.1) is 11.2 Å². The lowest BCUT2D eigenvalue weighted by molar-refractivity contribution is 0.245. The summed E-state index contributed by atoms with van der Waals surface area (Å²) in [6.07, 6.45) is 2.20. The molecular formula is C14H26N2S. The second-order valence-corrected chi connectivity index (χ2v) is 6.12. The van der Waals surface area contributed by atoms with Crippen molar-refractivity contribution in [2.75, 3.05) is 6.54 Å². The Morgan fingerprint density at radius 2 is 2.00 bits per heavy atom. The van der Waals surface area contributed by atoms with Gasteiger partial charge >= 0.3 is 0 Å². The molecule has 0 amide bonds. The van der Waals surface area contributed by atoms with Crippen LogP contribution < -0.4 is 5.32 Å². The first-order valence-electron chi connectivity index (χ1n) is 6.71. The highest BCUT2D eigenvalue weighted by atomic mass is 32.1. The van der Waals surface area contributed by atoms with Crippen LogP contribution in [0.2, 0.25) is 0 Å². The maximum absolute atomic E-state index is 4.84. The van der Waals surface area contributed by atoms with Crippen molar-refractivity contribution < 1.29 is 0 Å². The van der Waals surface area contributed by atoms with Crippen molar-refractivity contribution in [3.8, 4) is 0 Å². The van der Waals surface area contributed by atoms with Gasteiger partial charge in [-0.2, -0.15) is 0 Å². The van der Waals surface area contributed by atoms with Crippen LogP contribution >= 0.6 is 11.3 Å². The van der Waals surface area contributed by atoms with Gasteiger partial charge in [0.1, 0.15) is 5.01 Å². The molecule has 1 heterocycles. The zero-order valence-electron chi connectivity index (χ0n) is 12.1. The molecule has 1 N–H and O–H groups in total. The number of nitrogens with zero attached hydrogens (tertiary/aromatic N) is 1. The van der Waals surface area contributed by atoms with E-state index in [0.29, 0.717) is 5.92 Å². The molecule has 0 bridgehead atoms. The maximum atomic E-state index is 4.84. The maximum Gasteiger partial charge on any atom is 0.113 e. The van der Waals surface area contributed by atoms with Crippen LogP contribution in [0, 0.1) is 12.8 Å². The summed E-state index contributed by atoms with van der Waals surface area (Å²) in [5.74, 6) is 0.595. The molecule has 2 nitrogen and oxygen atoms in total. The summed E-state index contributed by atoms with van der Waals surface area (Å²) >= 11 is 1.86. The second kappa shape index (κ2) is 5.96. The summed E-state index contributed by atoms with van der Waals surface area (Å²) in [4.78, 5) is 6.21. The van der Waals surface area contributed by atoms with Gasteiger partial charge in [0.25, 0.3) is 0 Å². The summed E-state index contributed by atoms with van der Waals surface area (Å²) in [5.41, 5.74) is 1.28. The molecule has 1 aromatic heterocycles. The molecule has 0 fully saturated rings. The van der Waals surface area contributed by atoms with Crippen molar-refractivity contribution in [1.82, 2.24) is 10.3 Å². The Bertz CT molecular complexity index is 359. The number of hydrogen-bond donors (Lipinski definition) is 1. The van der Waals surface area contributed by atoms with Crippen LogP contribution in [0.1, 0.15) is 56.6 Å². The van der Waals surface area contributed by atoms with Gasteiger partial charge in [-0.1, -0.05) is 34.1 Å². The van der Waals surface area contributed by atoms with Crippen molar-refractivity contribution in [2.24, 2.45) is 5.92 Å². The number of rotatable bonds is 6. The number of thiazole rings is 1. The van der Waals surface area contributed by atoms with E-state index in [1.165, 1.54) is 22.0 Å². The van der Waals surface area contributed by atoms with Crippen LogP contribution in [0.25, 0.3) is 0 Å². The predicted molar refractivity (Wildman–Crippen MR) is 76.7 cm³/mol. The Labute approximate surface area is 110 Å². The van der Waals surface area contributed by atoms with Gasteiger partial charge in [0, 0.05) is 4.88 Å². The summed E-state index contributed by atoms with van der Waals surface area (Å²) in [5, 5.41) is 4.89. The van der Waals surface area contributed by atoms with Gasteiger partial charge < -0.3 is 5.32 Å². The molecule has 0 spiro atoms. The average Bonchev–Trinajstić information content (AvgIpc) is 2.70. The Balaban J connectivity index is 3.12. The SMILES string of the molecule is CCNC(C)(c1nc(CC)c(C)s1)C(C)CC. The van der Waals surface area contributed by atoms with Crippen LogP contribution in [-0.4, -0.2) is 11.5 Å². The second-order valence-electron chi connectivity index (χ2n) is 4.92. The van der Waals surface area contributed by atoms with Gasteiger partial charge in [0.2, 0.25) is 0 Å². The van der Waals surface area contributed by atoms with Gasteiger partial charge in [-0.05, 0) is 32.7 Å². The number of nitrogens with one attached hydrogen (secondary N) is 1. The normalized spacial score (nSPS) is 16.8. The fourth-order valence-corrected chi connectivity index (χ4v) is 3.45. The molecule has 3 heteroatoms. The molecule has 0 aliphatic carbocycles. The van der Waals surface area contributed by atoms with Gasteiger partial charge in [-0.3, -0.25) is 0 Å². The highest BCUT2D eigenvalue weighted by Crippen LogP contribution is 2.35. The topological polar surface area (TPSA) is 24.9 Å². The van der Waals surface area contributed by atoms with Crippen molar-refractivity contribution in [2.45, 2.75) is 59.9 Å². The van der Waals surface area contributed by atoms with Crippen molar-refractivity contribution in [3.05, 3.63) is 15.6 Å². The minimum Gasteiger partial charge on any atom is -0.306 e. The molecule has 0 aliphatic heterocycles. The quantitative estimate of drug-likeness (QED) is 0.833. The summed E-state index contributed by atoms with van der Waals surface area (Å²) in [6, 6.07) is 0. The molecule has 0 saturated carbocycles. The Kier molecular flexibility index (Phi) is 5.14. The molecule has 0 radical (unpaired) electrons. The molecule has 0 aliphatic rings. The van der Waals surface area contributed by atoms with Crippen molar-refractivity contribution in [1.29, 1.82) is 0 Å². The highest BCUT2D eigenvalue weighted by molar-refractivity contribution is 7.11. The van der Waals surface area contributed by atoms with Crippen LogP contribution in [0.4, 0.5) is 0 Å². The molecule has 1 aromatic rings. The van der Waals surface area contributed by atoms with Crippen molar-refractivity contribution in [3.63, 3.8) is 0 Å². The van der Waals surface area contributed by atoms with Crippen LogP contribution in [0.15, 0.2) is 0 Å². The van der Waals surface area contributed by atoms with Crippen LogP contribution in [0.3, 0.4) is 0 Å². The Morgan fingerprint density at radius 3 is 2.41 bits per heavy atom. The van der Waals surface area contributed by atoms with E-state index >= 15 is 0 Å². The fraction of sp³-hybridized carbons (Fsp3) is 0.786. The van der Waals surface area contributed by atoms with Gasteiger partial charge in [-0.15, -0.1) is 11.3 Å². The first kappa shape index (κ1) is 14.7. The third-order valence-electron chi connectivity index (χ3n) is 3.81. The highest BCUT2D eigenvalue weighted by Gasteiger charge is 2.34. The summed E-state index contributed by atoms with van der Waals surface area (Å²) < 4.78 is 0. The third-order valence-corrected chi connectivity index (χ3v) is 5.06. The largest absolute Gasteiger partial charge is 0.306 e. The molecule has 98 valence electrons. The lowest BCUT2D eigenvalue weighted by Crippen LogP contribution is -2.44. The molecule has 2 atom stereocenters. The number of aryl methyl sites for hydroxylation is 2. The predicted octanol–water partition coefficient (Wildman–Crippen LogP) is 3.88. The van der Waals surface area contributed by atoms with E-state index in [1.807, 2.05) is 11.3 Å². The van der Waals surface area contributed by atoms with E-state index in [4.69, 9.17) is 4.98 Å². The van der Waals surface area contributed by atoms with E-state index < -0.39 is 0 Å². The summed E-state index contributed by atoms with van der Waals surface area (Å²) in [6.45, 7) is 14.4. The first-order chi connectivity index (χ1) is 7.99. The number of hydrogen-bond acceptors (Lipinski definition) is 3. The monoisotopic (exact) mass is 254 g/mol. The molecule has 0 saturated heterocycles. The van der Waals surface area contributed by atoms with Gasteiger partial charge in [0.15, 0.2) is 0 Å². The Hall–Kier alpha value is -0.410. The Morgan fingerprint density at radius 1 is 1.35 bits per heavy atom.